The lowest BCUT2D eigenvalue weighted by molar-refractivity contribution is 0.0177. The first-order valence-electron chi connectivity index (χ1n) is 6.08. The van der Waals surface area contributed by atoms with Gasteiger partial charge in [0.05, 0.1) is 6.04 Å². The molecule has 1 aromatic rings. The van der Waals surface area contributed by atoms with E-state index < -0.39 is 18.3 Å². The zero-order valence-electron chi connectivity index (χ0n) is 10.3. The molecule has 1 heterocycles. The molecule has 0 radical (unpaired) electrons. The van der Waals surface area contributed by atoms with Crippen LogP contribution in [0.3, 0.4) is 0 Å². The third-order valence-corrected chi connectivity index (χ3v) is 3.34. The van der Waals surface area contributed by atoms with Gasteiger partial charge in [0.1, 0.15) is 5.82 Å². The van der Waals surface area contributed by atoms with E-state index in [9.17, 15) is 13.2 Å². The van der Waals surface area contributed by atoms with Crippen LogP contribution in [0, 0.1) is 12.7 Å². The largest absolute Gasteiger partial charge is 0.314 e. The van der Waals surface area contributed by atoms with Crippen LogP contribution < -0.4 is 5.32 Å². The minimum absolute atomic E-state index is 0.395. The summed E-state index contributed by atoms with van der Waals surface area (Å²) in [4.78, 5) is 1.73. The topological polar surface area (TPSA) is 15.3 Å². The molecule has 1 atom stereocenters. The highest BCUT2D eigenvalue weighted by Gasteiger charge is 2.31. The Balaban J connectivity index is 2.31. The van der Waals surface area contributed by atoms with Crippen molar-refractivity contribution in [2.45, 2.75) is 19.4 Å². The average molecular weight is 258 g/mol. The van der Waals surface area contributed by atoms with Crippen molar-refractivity contribution in [3.63, 3.8) is 0 Å². The van der Waals surface area contributed by atoms with Gasteiger partial charge in [-0.3, -0.25) is 4.90 Å². The lowest BCUT2D eigenvalue weighted by atomic mass is 9.99. The Morgan fingerprint density at radius 2 is 1.89 bits per heavy atom. The number of rotatable bonds is 3. The normalized spacial score (nSPS) is 19.2. The van der Waals surface area contributed by atoms with Crippen LogP contribution in [-0.2, 0) is 0 Å². The molecule has 0 unspecified atom stereocenters. The summed E-state index contributed by atoms with van der Waals surface area (Å²) in [6.07, 6.45) is -2.51. The van der Waals surface area contributed by atoms with Crippen molar-refractivity contribution < 1.29 is 13.2 Å². The van der Waals surface area contributed by atoms with Crippen molar-refractivity contribution in [3.8, 4) is 0 Å². The Kier molecular flexibility index (Phi) is 4.24. The second-order valence-corrected chi connectivity index (χ2v) is 4.57. The summed E-state index contributed by atoms with van der Waals surface area (Å²) in [5, 5.41) is 3.13. The zero-order chi connectivity index (χ0) is 13.1. The van der Waals surface area contributed by atoms with Crippen LogP contribution in [0.2, 0.25) is 0 Å². The summed E-state index contributed by atoms with van der Waals surface area (Å²) in [5.74, 6) is -0.462. The number of halogens is 3. The smallest absolute Gasteiger partial charge is 0.258 e. The molecule has 0 saturated carbocycles. The van der Waals surface area contributed by atoms with Crippen LogP contribution >= 0.6 is 0 Å². The summed E-state index contributed by atoms with van der Waals surface area (Å²) < 4.78 is 39.9. The van der Waals surface area contributed by atoms with Gasteiger partial charge in [-0.05, 0) is 30.2 Å². The van der Waals surface area contributed by atoms with E-state index in [4.69, 9.17) is 0 Å². The molecule has 5 heteroatoms. The second-order valence-electron chi connectivity index (χ2n) is 4.57. The van der Waals surface area contributed by atoms with Gasteiger partial charge < -0.3 is 5.32 Å². The molecule has 1 aliphatic rings. The van der Waals surface area contributed by atoms with Crippen LogP contribution in [0.1, 0.15) is 17.2 Å². The molecule has 1 saturated heterocycles. The average Bonchev–Trinajstić information content (AvgIpc) is 2.35. The second kappa shape index (κ2) is 5.71. The SMILES string of the molecule is Cc1ccc(F)cc1[C@@H](C(F)F)N1CCNCC1. The highest BCUT2D eigenvalue weighted by Crippen LogP contribution is 2.30. The maximum Gasteiger partial charge on any atom is 0.258 e. The van der Waals surface area contributed by atoms with Gasteiger partial charge in [0.2, 0.25) is 0 Å². The highest BCUT2D eigenvalue weighted by molar-refractivity contribution is 5.30. The van der Waals surface area contributed by atoms with E-state index >= 15 is 0 Å². The van der Waals surface area contributed by atoms with E-state index in [0.717, 1.165) is 0 Å². The first kappa shape index (κ1) is 13.4. The number of alkyl halides is 2. The summed E-state index contributed by atoms with van der Waals surface area (Å²) in [6.45, 7) is 4.25. The lowest BCUT2D eigenvalue weighted by Gasteiger charge is -2.35. The Labute approximate surface area is 105 Å². The Morgan fingerprint density at radius 3 is 2.50 bits per heavy atom. The lowest BCUT2D eigenvalue weighted by Crippen LogP contribution is -2.47. The minimum atomic E-state index is -2.51. The van der Waals surface area contributed by atoms with Crippen molar-refractivity contribution in [2.24, 2.45) is 0 Å². The van der Waals surface area contributed by atoms with Crippen molar-refractivity contribution in [2.75, 3.05) is 26.2 Å². The predicted octanol–water partition coefficient (Wildman–Crippen LogP) is 2.35. The van der Waals surface area contributed by atoms with E-state index in [0.29, 0.717) is 37.3 Å². The number of hydrogen-bond donors (Lipinski definition) is 1. The van der Waals surface area contributed by atoms with Gasteiger partial charge in [0, 0.05) is 26.2 Å². The molecule has 100 valence electrons. The monoisotopic (exact) mass is 258 g/mol. The molecule has 18 heavy (non-hydrogen) atoms. The highest BCUT2D eigenvalue weighted by atomic mass is 19.3. The molecular formula is C13H17F3N2. The summed E-state index contributed by atoms with van der Waals surface area (Å²) in [7, 11) is 0. The summed E-state index contributed by atoms with van der Waals surface area (Å²) in [5.41, 5.74) is 1.10. The molecule has 0 spiro atoms. The molecule has 0 amide bonds. The van der Waals surface area contributed by atoms with E-state index in [-0.39, 0.29) is 0 Å². The molecular weight excluding hydrogens is 241 g/mol. The minimum Gasteiger partial charge on any atom is -0.314 e. The van der Waals surface area contributed by atoms with Crippen LogP contribution in [0.25, 0.3) is 0 Å². The van der Waals surface area contributed by atoms with E-state index in [1.165, 1.54) is 12.1 Å². The number of piperazine rings is 1. The number of aryl methyl sites for hydroxylation is 1. The van der Waals surface area contributed by atoms with Crippen molar-refractivity contribution in [3.05, 3.63) is 35.1 Å². The van der Waals surface area contributed by atoms with Crippen LogP contribution in [-0.4, -0.2) is 37.5 Å². The third-order valence-electron chi connectivity index (χ3n) is 3.34. The Hall–Kier alpha value is -1.07. The van der Waals surface area contributed by atoms with Gasteiger partial charge in [-0.2, -0.15) is 0 Å². The number of hydrogen-bond acceptors (Lipinski definition) is 2. The van der Waals surface area contributed by atoms with Gasteiger partial charge in [-0.15, -0.1) is 0 Å². The summed E-state index contributed by atoms with van der Waals surface area (Å²) in [6, 6.07) is 3.08. The summed E-state index contributed by atoms with van der Waals surface area (Å²) >= 11 is 0. The van der Waals surface area contributed by atoms with E-state index in [2.05, 4.69) is 5.32 Å². The maximum atomic E-state index is 13.3. The van der Waals surface area contributed by atoms with Crippen LogP contribution in [0.5, 0.6) is 0 Å². The molecule has 1 aromatic carbocycles. The number of nitrogens with zero attached hydrogens (tertiary/aromatic N) is 1. The van der Waals surface area contributed by atoms with Gasteiger partial charge in [-0.1, -0.05) is 6.07 Å². The van der Waals surface area contributed by atoms with Crippen LogP contribution in [0.15, 0.2) is 18.2 Å². The molecule has 2 rings (SSSR count). The molecule has 0 bridgehead atoms. The molecule has 1 N–H and O–H groups in total. The van der Waals surface area contributed by atoms with E-state index in [1.54, 1.807) is 17.9 Å². The maximum absolute atomic E-state index is 13.3. The Morgan fingerprint density at radius 1 is 1.22 bits per heavy atom. The Bertz CT molecular complexity index is 403. The van der Waals surface area contributed by atoms with Gasteiger partial charge in [-0.25, -0.2) is 13.2 Å². The van der Waals surface area contributed by atoms with Gasteiger partial charge in [0.15, 0.2) is 0 Å². The molecule has 0 aromatic heterocycles. The quantitative estimate of drug-likeness (QED) is 0.895. The zero-order valence-corrected chi connectivity index (χ0v) is 10.3. The third kappa shape index (κ3) is 2.84. The number of nitrogens with one attached hydrogen (secondary N) is 1. The molecule has 2 nitrogen and oxygen atoms in total. The molecule has 1 fully saturated rings. The first-order chi connectivity index (χ1) is 8.59. The van der Waals surface area contributed by atoms with Gasteiger partial charge in [0.25, 0.3) is 6.43 Å². The van der Waals surface area contributed by atoms with Crippen molar-refractivity contribution >= 4 is 0 Å². The fourth-order valence-corrected chi connectivity index (χ4v) is 2.38. The fourth-order valence-electron chi connectivity index (χ4n) is 2.38. The number of benzene rings is 1. The van der Waals surface area contributed by atoms with E-state index in [1.807, 2.05) is 0 Å². The van der Waals surface area contributed by atoms with Crippen molar-refractivity contribution in [1.29, 1.82) is 0 Å². The fraction of sp³-hybridized carbons (Fsp3) is 0.538. The first-order valence-corrected chi connectivity index (χ1v) is 6.08. The molecule has 0 aliphatic carbocycles. The van der Waals surface area contributed by atoms with Crippen LogP contribution in [0.4, 0.5) is 13.2 Å². The molecule has 1 aliphatic heterocycles. The predicted molar refractivity (Wildman–Crippen MR) is 64.3 cm³/mol. The van der Waals surface area contributed by atoms with Gasteiger partial charge >= 0.3 is 0 Å². The standard InChI is InChI=1S/C13H17F3N2/c1-9-2-3-10(14)8-11(9)12(13(15)16)18-6-4-17-5-7-18/h2-3,8,12-13,17H,4-7H2,1H3/t12-/m0/s1. The van der Waals surface area contributed by atoms with Crippen molar-refractivity contribution in [1.82, 2.24) is 10.2 Å².